The van der Waals surface area contributed by atoms with Crippen molar-refractivity contribution in [2.24, 2.45) is 0 Å². The van der Waals surface area contributed by atoms with Crippen LogP contribution in [-0.2, 0) is 10.3 Å². The summed E-state index contributed by atoms with van der Waals surface area (Å²) in [7, 11) is 0. The number of amides is 1. The van der Waals surface area contributed by atoms with Crippen molar-refractivity contribution in [1.82, 2.24) is 5.32 Å². The number of rotatable bonds is 4. The van der Waals surface area contributed by atoms with Gasteiger partial charge in [-0.05, 0) is 28.3 Å². The molecule has 0 radical (unpaired) electrons. The van der Waals surface area contributed by atoms with Crippen LogP contribution in [0.1, 0.15) is 29.0 Å². The summed E-state index contributed by atoms with van der Waals surface area (Å²) in [6.45, 7) is 0.429. The Hall–Kier alpha value is -3.31. The van der Waals surface area contributed by atoms with Gasteiger partial charge in [0.1, 0.15) is 12.4 Å². The first-order valence-electron chi connectivity index (χ1n) is 10.2. The number of alkyl carbamates (subject to hydrolysis) is 1. The second-order valence-corrected chi connectivity index (χ2v) is 7.79. The van der Waals surface area contributed by atoms with Crippen LogP contribution in [0.15, 0.2) is 72.8 Å². The highest BCUT2D eigenvalue weighted by Gasteiger charge is 2.39. The van der Waals surface area contributed by atoms with Crippen LogP contribution >= 0.6 is 0 Å². The molecule has 5 nitrogen and oxygen atoms in total. The molecule has 3 aromatic rings. The number of hydrogen-bond acceptors (Lipinski definition) is 4. The Bertz CT molecular complexity index is 1050. The van der Waals surface area contributed by atoms with Crippen LogP contribution in [0.3, 0.4) is 0 Å². The largest absolute Gasteiger partial charge is 0.493 e. The fourth-order valence-corrected chi connectivity index (χ4v) is 4.62. The number of ether oxygens (including phenoxy) is 2. The molecule has 5 rings (SSSR count). The van der Waals surface area contributed by atoms with Gasteiger partial charge in [0.05, 0.1) is 18.8 Å². The fourth-order valence-electron chi connectivity index (χ4n) is 4.62. The Morgan fingerprint density at radius 1 is 1.00 bits per heavy atom. The molecular weight excluding hydrogens is 378 g/mol. The lowest BCUT2D eigenvalue weighted by atomic mass is 9.85. The number of carbonyl (C=O) groups is 1. The molecular formula is C25H23NO4. The number of para-hydroxylation sites is 1. The van der Waals surface area contributed by atoms with E-state index >= 15 is 0 Å². The molecule has 1 amide bonds. The van der Waals surface area contributed by atoms with Gasteiger partial charge in [-0.25, -0.2) is 4.79 Å². The lowest BCUT2D eigenvalue weighted by molar-refractivity contribution is 0.0844. The van der Waals surface area contributed by atoms with Crippen molar-refractivity contribution in [3.05, 3.63) is 89.5 Å². The van der Waals surface area contributed by atoms with E-state index in [0.717, 1.165) is 5.56 Å². The van der Waals surface area contributed by atoms with Gasteiger partial charge in [-0.2, -0.15) is 0 Å². The van der Waals surface area contributed by atoms with Gasteiger partial charge in [-0.3, -0.25) is 0 Å². The summed E-state index contributed by atoms with van der Waals surface area (Å²) in [6.07, 6.45) is -0.0624. The van der Waals surface area contributed by atoms with Gasteiger partial charge in [0.25, 0.3) is 0 Å². The second-order valence-electron chi connectivity index (χ2n) is 7.79. The molecule has 0 saturated carbocycles. The maximum absolute atomic E-state index is 12.8. The van der Waals surface area contributed by atoms with E-state index in [0.29, 0.717) is 18.8 Å². The van der Waals surface area contributed by atoms with Crippen molar-refractivity contribution in [2.45, 2.75) is 17.9 Å². The van der Waals surface area contributed by atoms with E-state index < -0.39 is 11.6 Å². The van der Waals surface area contributed by atoms with Crippen molar-refractivity contribution >= 4 is 6.09 Å². The maximum Gasteiger partial charge on any atom is 0.407 e. The van der Waals surface area contributed by atoms with Crippen LogP contribution in [0.25, 0.3) is 11.1 Å². The summed E-state index contributed by atoms with van der Waals surface area (Å²) in [5, 5.41) is 13.1. The van der Waals surface area contributed by atoms with Crippen molar-refractivity contribution in [2.75, 3.05) is 19.8 Å². The zero-order valence-corrected chi connectivity index (χ0v) is 16.5. The Kier molecular flexibility index (Phi) is 4.68. The minimum absolute atomic E-state index is 0.00444. The van der Waals surface area contributed by atoms with Gasteiger partial charge >= 0.3 is 6.09 Å². The first kappa shape index (κ1) is 18.7. The van der Waals surface area contributed by atoms with Gasteiger partial charge in [0, 0.05) is 17.9 Å². The van der Waals surface area contributed by atoms with Crippen molar-refractivity contribution in [1.29, 1.82) is 0 Å². The van der Waals surface area contributed by atoms with Crippen molar-refractivity contribution in [3.63, 3.8) is 0 Å². The van der Waals surface area contributed by atoms with Crippen LogP contribution in [0, 0.1) is 0 Å². The molecule has 1 atom stereocenters. The fraction of sp³-hybridized carbons (Fsp3) is 0.240. The topological polar surface area (TPSA) is 67.8 Å². The minimum atomic E-state index is -0.905. The van der Waals surface area contributed by atoms with Crippen LogP contribution in [0.5, 0.6) is 5.75 Å². The number of nitrogens with one attached hydrogen (secondary N) is 1. The summed E-state index contributed by atoms with van der Waals surface area (Å²) in [5.74, 6) is 0.673. The maximum atomic E-state index is 12.8. The Morgan fingerprint density at radius 2 is 1.63 bits per heavy atom. The van der Waals surface area contributed by atoms with Crippen LogP contribution < -0.4 is 10.1 Å². The van der Waals surface area contributed by atoms with E-state index in [1.165, 1.54) is 22.3 Å². The Labute approximate surface area is 175 Å². The van der Waals surface area contributed by atoms with Crippen molar-refractivity contribution in [3.8, 4) is 16.9 Å². The molecule has 2 aliphatic rings. The third-order valence-electron chi connectivity index (χ3n) is 6.14. The van der Waals surface area contributed by atoms with Crippen LogP contribution in [0.4, 0.5) is 4.79 Å². The summed E-state index contributed by atoms with van der Waals surface area (Å²) in [5.41, 5.74) is 4.57. The summed E-state index contributed by atoms with van der Waals surface area (Å²) in [6, 6.07) is 23.9. The van der Waals surface area contributed by atoms with Crippen LogP contribution in [-0.4, -0.2) is 31.0 Å². The highest BCUT2D eigenvalue weighted by atomic mass is 16.5. The molecule has 0 bridgehead atoms. The third-order valence-corrected chi connectivity index (χ3v) is 6.14. The Morgan fingerprint density at radius 3 is 2.33 bits per heavy atom. The quantitative estimate of drug-likeness (QED) is 0.688. The lowest BCUT2D eigenvalue weighted by Gasteiger charge is -2.37. The molecule has 0 aromatic heterocycles. The molecule has 30 heavy (non-hydrogen) atoms. The highest BCUT2D eigenvalue weighted by molar-refractivity contribution is 5.79. The molecule has 2 N–H and O–H groups in total. The summed E-state index contributed by atoms with van der Waals surface area (Å²) in [4.78, 5) is 12.8. The van der Waals surface area contributed by atoms with Gasteiger partial charge in [-0.15, -0.1) is 0 Å². The molecule has 152 valence electrons. The Balaban J connectivity index is 1.35. The molecule has 1 aliphatic heterocycles. The van der Waals surface area contributed by atoms with E-state index in [4.69, 9.17) is 9.47 Å². The molecule has 0 spiro atoms. The summed E-state index contributed by atoms with van der Waals surface area (Å²) >= 11 is 0. The lowest BCUT2D eigenvalue weighted by Crippen LogP contribution is -2.51. The van der Waals surface area contributed by atoms with Crippen molar-refractivity contribution < 1.29 is 19.4 Å². The van der Waals surface area contributed by atoms with Gasteiger partial charge in [0.2, 0.25) is 0 Å². The van der Waals surface area contributed by atoms with E-state index in [-0.39, 0.29) is 19.1 Å². The average molecular weight is 401 g/mol. The normalized spacial score (nSPS) is 19.2. The number of aliphatic hydroxyl groups excluding tert-OH is 1. The zero-order chi connectivity index (χ0) is 20.6. The zero-order valence-electron chi connectivity index (χ0n) is 16.5. The average Bonchev–Trinajstić information content (AvgIpc) is 3.12. The number of fused-ring (bicyclic) bond motifs is 4. The van der Waals surface area contributed by atoms with E-state index in [1.807, 2.05) is 48.5 Å². The second kappa shape index (κ2) is 7.50. The highest BCUT2D eigenvalue weighted by Crippen LogP contribution is 2.44. The summed E-state index contributed by atoms with van der Waals surface area (Å²) < 4.78 is 11.4. The molecule has 0 fully saturated rings. The number of aliphatic hydroxyl groups is 1. The minimum Gasteiger partial charge on any atom is -0.493 e. The predicted octanol–water partition coefficient (Wildman–Crippen LogP) is 4.20. The SMILES string of the molecule is O=C(NC1(CO)CCOc2ccccc21)OCC1c2ccccc2-c2ccccc21. The first-order valence-corrected chi connectivity index (χ1v) is 10.2. The van der Waals surface area contributed by atoms with E-state index in [2.05, 4.69) is 29.6 Å². The third kappa shape index (κ3) is 3.02. The van der Waals surface area contributed by atoms with Crippen LogP contribution in [0.2, 0.25) is 0 Å². The molecule has 1 heterocycles. The number of carbonyl (C=O) groups excluding carboxylic acids is 1. The van der Waals surface area contributed by atoms with Gasteiger partial charge < -0.3 is 19.9 Å². The first-order chi connectivity index (χ1) is 14.7. The van der Waals surface area contributed by atoms with E-state index in [1.54, 1.807) is 0 Å². The van der Waals surface area contributed by atoms with Gasteiger partial charge in [-0.1, -0.05) is 66.7 Å². The molecule has 3 aromatic carbocycles. The monoisotopic (exact) mass is 401 g/mol. The molecule has 1 unspecified atom stereocenters. The molecule has 5 heteroatoms. The smallest absolute Gasteiger partial charge is 0.407 e. The molecule has 0 saturated heterocycles. The molecule has 1 aliphatic carbocycles. The number of benzene rings is 3. The predicted molar refractivity (Wildman–Crippen MR) is 114 cm³/mol. The standard InChI is InChI=1S/C25H23NO4/c27-16-25(13-14-29-23-12-6-5-11-22(23)25)26-24(28)30-15-21-19-9-3-1-7-17(19)18-8-2-4-10-20(18)21/h1-12,21,27H,13-16H2,(H,26,28). The van der Waals surface area contributed by atoms with E-state index in [9.17, 15) is 9.90 Å². The van der Waals surface area contributed by atoms with Gasteiger partial charge in [0.15, 0.2) is 0 Å². The number of hydrogen-bond donors (Lipinski definition) is 2.